The van der Waals surface area contributed by atoms with Crippen LogP contribution in [0, 0.1) is 28.9 Å². The predicted octanol–water partition coefficient (Wildman–Crippen LogP) is 7.24. The Morgan fingerprint density at radius 3 is 2.65 bits per heavy atom. The molecule has 1 aliphatic carbocycles. The average molecular weight is 743 g/mol. The van der Waals surface area contributed by atoms with E-state index in [1.807, 2.05) is 31.2 Å². The molecule has 3 aromatic heterocycles. The van der Waals surface area contributed by atoms with Gasteiger partial charge in [0.15, 0.2) is 5.82 Å². The number of likely N-dealkylation sites (N-methyl/N-ethyl adjacent to an activating group) is 1. The molecule has 1 unspecified atom stereocenters. The van der Waals surface area contributed by atoms with Gasteiger partial charge < -0.3 is 19.5 Å². The third kappa shape index (κ3) is 5.58. The van der Waals surface area contributed by atoms with Crippen LogP contribution in [0.5, 0.6) is 5.88 Å². The first-order valence-electron chi connectivity index (χ1n) is 19.2. The number of aromatic nitrogens is 4. The van der Waals surface area contributed by atoms with Gasteiger partial charge in [-0.15, -0.1) is 0 Å². The Balaban J connectivity index is 1.39. The number of halogens is 2. The van der Waals surface area contributed by atoms with E-state index >= 15 is 4.39 Å². The number of rotatable bonds is 9. The molecule has 3 saturated heterocycles. The van der Waals surface area contributed by atoms with Crippen molar-refractivity contribution in [3.8, 4) is 34.3 Å². The van der Waals surface area contributed by atoms with Gasteiger partial charge in [-0.25, -0.2) is 13.8 Å². The molecule has 10 rings (SSSR count). The third-order valence-corrected chi connectivity index (χ3v) is 12.3. The minimum atomic E-state index is -0.548. The monoisotopic (exact) mass is 742 g/mol. The second-order valence-corrected chi connectivity index (χ2v) is 15.8. The fourth-order valence-corrected chi connectivity index (χ4v) is 9.57. The van der Waals surface area contributed by atoms with Gasteiger partial charge in [0.05, 0.1) is 34.9 Å². The van der Waals surface area contributed by atoms with Crippen LogP contribution in [-0.2, 0) is 13.5 Å². The smallest absolute Gasteiger partial charge is 0.272 e. The molecular formula is C43H44F2N8O2. The summed E-state index contributed by atoms with van der Waals surface area (Å²) in [6, 6.07) is 16.7. The van der Waals surface area contributed by atoms with Crippen LogP contribution < -0.4 is 10.1 Å². The zero-order valence-electron chi connectivity index (χ0n) is 31.7. The molecule has 5 atom stereocenters. The molecule has 6 heterocycles. The Kier molecular flexibility index (Phi) is 8.62. The van der Waals surface area contributed by atoms with Gasteiger partial charge in [0.25, 0.3) is 5.91 Å². The van der Waals surface area contributed by atoms with Gasteiger partial charge in [-0.05, 0) is 98.3 Å². The second-order valence-electron chi connectivity index (χ2n) is 15.8. The first-order valence-corrected chi connectivity index (χ1v) is 19.2. The van der Waals surface area contributed by atoms with E-state index in [0.717, 1.165) is 54.3 Å². The second kappa shape index (κ2) is 13.4. The van der Waals surface area contributed by atoms with Gasteiger partial charge in [0.2, 0.25) is 5.88 Å². The van der Waals surface area contributed by atoms with Crippen molar-refractivity contribution < 1.29 is 18.3 Å². The van der Waals surface area contributed by atoms with Crippen molar-refractivity contribution in [2.24, 2.45) is 13.0 Å². The highest BCUT2D eigenvalue weighted by Crippen LogP contribution is 2.51. The summed E-state index contributed by atoms with van der Waals surface area (Å²) >= 11 is 0. The molecule has 4 aliphatic rings. The lowest BCUT2D eigenvalue weighted by molar-refractivity contribution is 0.0817. The molecule has 3 aromatic carbocycles. The number of ether oxygens (including phenoxy) is 1. The molecule has 1 amide bonds. The van der Waals surface area contributed by atoms with Crippen molar-refractivity contribution in [2.45, 2.75) is 63.3 Å². The van der Waals surface area contributed by atoms with Gasteiger partial charge in [0.1, 0.15) is 23.1 Å². The first-order chi connectivity index (χ1) is 26.5. The summed E-state index contributed by atoms with van der Waals surface area (Å²) in [7, 11) is 7.32. The number of hydrogen-bond donors (Lipinski definition) is 1. The van der Waals surface area contributed by atoms with Crippen molar-refractivity contribution in [1.29, 1.82) is 5.26 Å². The third-order valence-electron chi connectivity index (χ3n) is 12.3. The van der Waals surface area contributed by atoms with Crippen molar-refractivity contribution >= 4 is 38.5 Å². The van der Waals surface area contributed by atoms with Crippen LogP contribution >= 0.6 is 0 Å². The first kappa shape index (κ1) is 35.3. The quantitative estimate of drug-likeness (QED) is 0.167. The van der Waals surface area contributed by atoms with E-state index in [4.69, 9.17) is 9.72 Å². The molecular weight excluding hydrogens is 699 g/mol. The fraction of sp³-hybridized carbons (Fsp3) is 0.395. The molecule has 6 aromatic rings. The Morgan fingerprint density at radius 1 is 1.11 bits per heavy atom. The minimum absolute atomic E-state index is 0.0261. The van der Waals surface area contributed by atoms with E-state index < -0.39 is 11.6 Å². The SMILES string of the molecule is C[C@H](Oc1nc2c(F)c(-c3cccc4ccc(F)cc34)c(CCC#N)cc2c2c1cc(-c1cnn(C)c1C(=O)N(C)C)n2[C@H]1[C@H]2CN[C@@H]1C2)C1CCCN1C. The van der Waals surface area contributed by atoms with Crippen LogP contribution in [0.3, 0.4) is 0 Å². The number of nitrogens with one attached hydrogen (secondary N) is 1. The van der Waals surface area contributed by atoms with Crippen molar-refractivity contribution in [2.75, 3.05) is 34.2 Å². The zero-order valence-corrected chi connectivity index (χ0v) is 31.7. The predicted molar refractivity (Wildman–Crippen MR) is 209 cm³/mol. The summed E-state index contributed by atoms with van der Waals surface area (Å²) < 4.78 is 43.4. The number of amides is 1. The molecule has 55 heavy (non-hydrogen) atoms. The lowest BCUT2D eigenvalue weighted by Crippen LogP contribution is -2.39. The Labute approximate surface area is 318 Å². The molecule has 12 heteroatoms. The summed E-state index contributed by atoms with van der Waals surface area (Å²) in [5.74, 6) is -0.501. The molecule has 10 nitrogen and oxygen atoms in total. The van der Waals surface area contributed by atoms with Gasteiger partial charge in [-0.3, -0.25) is 14.4 Å². The number of benzene rings is 3. The summed E-state index contributed by atoms with van der Waals surface area (Å²) in [6.45, 7) is 3.87. The van der Waals surface area contributed by atoms with E-state index in [1.54, 1.807) is 49.1 Å². The largest absolute Gasteiger partial charge is 0.472 e. The van der Waals surface area contributed by atoms with E-state index in [0.29, 0.717) is 50.5 Å². The topological polar surface area (TPSA) is 104 Å². The van der Waals surface area contributed by atoms with Crippen LogP contribution in [-0.4, -0.2) is 87.5 Å². The molecule has 2 bridgehead atoms. The van der Waals surface area contributed by atoms with Gasteiger partial charge in [-0.2, -0.15) is 10.4 Å². The standard InChI is InChI=1S/C43H44F2N8O2/c1-23(34-12-8-16-51(34)4)55-42-31-20-35(32-22-48-52(5)41(32)43(54)50(2)3)53(39-26-18-33(39)47-21-26)40(31)30-17-25(10-7-15-46)36(37(45)38(30)49-42)28-11-6-9-24-13-14-27(44)19-29(24)28/h6,9,11,13-14,17,19-20,22-23,26,33-34,39,47H,7-8,10,12,16,18,21H2,1-5H3/t23-,26+,33+,34?,39-/m0/s1. The van der Waals surface area contributed by atoms with Crippen LogP contribution in [0.25, 0.3) is 55.0 Å². The average Bonchev–Trinajstić information content (AvgIpc) is 4.01. The highest BCUT2D eigenvalue weighted by molar-refractivity contribution is 6.12. The Hall–Kier alpha value is -5.38. The molecule has 0 radical (unpaired) electrons. The van der Waals surface area contributed by atoms with Gasteiger partial charge in [-0.1, -0.05) is 24.3 Å². The summed E-state index contributed by atoms with van der Waals surface area (Å²) in [5, 5.41) is 20.7. The lowest BCUT2D eigenvalue weighted by atomic mass is 9.79. The maximum Gasteiger partial charge on any atom is 0.272 e. The van der Waals surface area contributed by atoms with Crippen LogP contribution in [0.15, 0.2) is 54.7 Å². The Bertz CT molecular complexity index is 2560. The maximum absolute atomic E-state index is 17.9. The Morgan fingerprint density at radius 2 is 1.95 bits per heavy atom. The normalized spacial score (nSPS) is 21.3. The lowest BCUT2D eigenvalue weighted by Gasteiger charge is -2.38. The molecule has 0 spiro atoms. The zero-order chi connectivity index (χ0) is 38.3. The maximum atomic E-state index is 17.9. The molecule has 4 fully saturated rings. The summed E-state index contributed by atoms with van der Waals surface area (Å²) in [5.41, 5.74) is 4.28. The van der Waals surface area contributed by atoms with Crippen molar-refractivity contribution in [1.82, 2.24) is 34.4 Å². The van der Waals surface area contributed by atoms with Gasteiger partial charge >= 0.3 is 0 Å². The number of carbonyl (C=O) groups is 1. The number of hydrogen-bond acceptors (Lipinski definition) is 7. The molecule has 282 valence electrons. The summed E-state index contributed by atoms with van der Waals surface area (Å²) in [4.78, 5) is 22.6. The van der Waals surface area contributed by atoms with E-state index in [2.05, 4.69) is 33.0 Å². The van der Waals surface area contributed by atoms with E-state index in [9.17, 15) is 14.4 Å². The molecule has 3 aliphatic heterocycles. The summed E-state index contributed by atoms with van der Waals surface area (Å²) in [6.07, 6.45) is 4.98. The molecule has 1 saturated carbocycles. The number of pyridine rings is 1. The van der Waals surface area contributed by atoms with E-state index in [-0.39, 0.29) is 48.5 Å². The fourth-order valence-electron chi connectivity index (χ4n) is 9.57. The number of nitrogens with zero attached hydrogens (tertiary/aromatic N) is 7. The molecule has 1 N–H and O–H groups in total. The number of nitriles is 1. The number of carbonyl (C=O) groups excluding carboxylic acids is 1. The number of likely N-dealkylation sites (tertiary alicyclic amines) is 1. The minimum Gasteiger partial charge on any atom is -0.472 e. The van der Waals surface area contributed by atoms with E-state index in [1.165, 1.54) is 12.1 Å². The highest BCUT2D eigenvalue weighted by atomic mass is 19.1. The van der Waals surface area contributed by atoms with Crippen LogP contribution in [0.4, 0.5) is 8.78 Å². The van der Waals surface area contributed by atoms with Crippen molar-refractivity contribution in [3.05, 3.63) is 77.6 Å². The number of aryl methyl sites for hydroxylation is 2. The van der Waals surface area contributed by atoms with Crippen molar-refractivity contribution in [3.63, 3.8) is 0 Å². The van der Waals surface area contributed by atoms with Crippen LogP contribution in [0.2, 0.25) is 0 Å². The van der Waals surface area contributed by atoms with Crippen LogP contribution in [0.1, 0.15) is 54.7 Å². The van der Waals surface area contributed by atoms with Gasteiger partial charge in [0, 0.05) is 62.7 Å². The number of fused-ring (bicyclic) bond motifs is 5. The highest BCUT2D eigenvalue weighted by Gasteiger charge is 2.49.